The van der Waals surface area contributed by atoms with E-state index in [4.69, 9.17) is 5.26 Å². The summed E-state index contributed by atoms with van der Waals surface area (Å²) in [6, 6.07) is 11.6. The highest BCUT2D eigenvalue weighted by Gasteiger charge is 2.32. The number of halogens is 1. The Hall–Kier alpha value is -2.49. The molecular weight excluding hydrogens is 440 g/mol. The molecule has 0 atom stereocenters. The Morgan fingerprint density at radius 2 is 2.00 bits per heavy atom. The first kappa shape index (κ1) is 20.8. The molecule has 0 unspecified atom stereocenters. The standard InChI is InChI=1S/C24H25BrN4O/c1-16-22(21(30)15-28-11-5-4-10-24(28,2)3)23-20(12-18(25)14-27-23)29(16)19-8-6-17(13-26)7-9-19/h6-9,12,14H,4-5,10-11,15H2,1-3H3. The van der Waals surface area contributed by atoms with Crippen molar-refractivity contribution in [3.63, 3.8) is 0 Å². The number of fused-ring (bicyclic) bond motifs is 1. The second-order valence-corrected chi connectivity index (χ2v) is 9.51. The average Bonchev–Trinajstić information content (AvgIpc) is 3.00. The van der Waals surface area contributed by atoms with Crippen LogP contribution in [0.3, 0.4) is 0 Å². The van der Waals surface area contributed by atoms with Crippen LogP contribution in [0, 0.1) is 18.3 Å². The number of Topliss-reactive ketones (excluding diaryl/α,β-unsaturated/α-hetero) is 1. The molecule has 0 bridgehead atoms. The first-order chi connectivity index (χ1) is 14.3. The van der Waals surface area contributed by atoms with Gasteiger partial charge in [0.15, 0.2) is 5.78 Å². The number of piperidine rings is 1. The number of pyridine rings is 1. The molecule has 1 aliphatic rings. The quantitative estimate of drug-likeness (QED) is 0.483. The minimum atomic E-state index is 0.0315. The molecule has 0 amide bonds. The SMILES string of the molecule is Cc1c(C(=O)CN2CCCCC2(C)C)c2ncc(Br)cc2n1-c1ccc(C#N)cc1. The summed E-state index contributed by atoms with van der Waals surface area (Å²) in [5, 5.41) is 9.11. The highest BCUT2D eigenvalue weighted by atomic mass is 79.9. The fourth-order valence-electron chi connectivity index (χ4n) is 4.47. The summed E-state index contributed by atoms with van der Waals surface area (Å²) in [4.78, 5) is 20.4. The average molecular weight is 465 g/mol. The van der Waals surface area contributed by atoms with E-state index in [0.717, 1.165) is 46.3 Å². The molecule has 3 aromatic rings. The van der Waals surface area contributed by atoms with Crippen LogP contribution in [0.1, 0.15) is 54.7 Å². The largest absolute Gasteiger partial charge is 0.311 e. The van der Waals surface area contributed by atoms with E-state index in [2.05, 4.69) is 50.3 Å². The van der Waals surface area contributed by atoms with E-state index in [1.54, 1.807) is 18.3 Å². The summed E-state index contributed by atoms with van der Waals surface area (Å²) in [6.07, 6.45) is 5.20. The molecule has 154 valence electrons. The van der Waals surface area contributed by atoms with Crippen molar-refractivity contribution >= 4 is 32.7 Å². The molecule has 3 heterocycles. The molecule has 0 spiro atoms. The molecule has 6 heteroatoms. The molecule has 1 aromatic carbocycles. The van der Waals surface area contributed by atoms with Crippen molar-refractivity contribution in [3.05, 3.63) is 57.8 Å². The lowest BCUT2D eigenvalue weighted by Gasteiger charge is -2.42. The zero-order chi connectivity index (χ0) is 21.5. The molecule has 1 fully saturated rings. The van der Waals surface area contributed by atoms with Crippen LogP contribution in [0.15, 0.2) is 41.0 Å². The van der Waals surface area contributed by atoms with Gasteiger partial charge in [-0.15, -0.1) is 0 Å². The van der Waals surface area contributed by atoms with Gasteiger partial charge in [-0.2, -0.15) is 5.26 Å². The number of hydrogen-bond donors (Lipinski definition) is 0. The maximum atomic E-state index is 13.5. The molecule has 1 saturated heterocycles. The zero-order valence-corrected chi connectivity index (χ0v) is 19.2. The smallest absolute Gasteiger partial charge is 0.180 e. The molecule has 5 nitrogen and oxygen atoms in total. The molecule has 0 aliphatic carbocycles. The third-order valence-corrected chi connectivity index (χ3v) is 6.63. The molecule has 4 rings (SSSR count). The summed E-state index contributed by atoms with van der Waals surface area (Å²) in [5.74, 6) is 0.106. The Morgan fingerprint density at radius 1 is 1.27 bits per heavy atom. The van der Waals surface area contributed by atoms with Gasteiger partial charge < -0.3 is 4.57 Å². The highest BCUT2D eigenvalue weighted by molar-refractivity contribution is 9.10. The summed E-state index contributed by atoms with van der Waals surface area (Å²) >= 11 is 3.52. The highest BCUT2D eigenvalue weighted by Crippen LogP contribution is 2.32. The maximum absolute atomic E-state index is 13.5. The Labute approximate surface area is 185 Å². The number of nitriles is 1. The molecule has 2 aromatic heterocycles. The lowest BCUT2D eigenvalue weighted by molar-refractivity contribution is 0.0622. The number of carbonyl (C=O) groups is 1. The van der Waals surface area contributed by atoms with Crippen LogP contribution in [0.25, 0.3) is 16.7 Å². The van der Waals surface area contributed by atoms with E-state index in [-0.39, 0.29) is 11.3 Å². The van der Waals surface area contributed by atoms with Crippen molar-refractivity contribution in [2.75, 3.05) is 13.1 Å². The van der Waals surface area contributed by atoms with Crippen LogP contribution in [-0.4, -0.2) is 38.9 Å². The van der Waals surface area contributed by atoms with Gasteiger partial charge in [-0.1, -0.05) is 6.42 Å². The molecular formula is C24H25BrN4O. The van der Waals surface area contributed by atoms with Crippen molar-refractivity contribution < 1.29 is 4.79 Å². The monoisotopic (exact) mass is 464 g/mol. The Kier molecular flexibility index (Phi) is 5.52. The minimum Gasteiger partial charge on any atom is -0.311 e. The van der Waals surface area contributed by atoms with Crippen molar-refractivity contribution in [2.45, 2.75) is 45.6 Å². The lowest BCUT2D eigenvalue weighted by Crippen LogP contribution is -2.49. The van der Waals surface area contributed by atoms with Crippen molar-refractivity contribution in [3.8, 4) is 11.8 Å². The van der Waals surface area contributed by atoms with E-state index in [9.17, 15) is 4.79 Å². The number of nitrogens with zero attached hydrogens (tertiary/aromatic N) is 4. The maximum Gasteiger partial charge on any atom is 0.180 e. The zero-order valence-electron chi connectivity index (χ0n) is 17.6. The molecule has 0 saturated carbocycles. The van der Waals surface area contributed by atoms with Gasteiger partial charge in [0.2, 0.25) is 0 Å². The van der Waals surface area contributed by atoms with E-state index in [1.807, 2.05) is 25.1 Å². The third kappa shape index (κ3) is 3.68. The van der Waals surface area contributed by atoms with Crippen molar-refractivity contribution in [1.29, 1.82) is 5.26 Å². The summed E-state index contributed by atoms with van der Waals surface area (Å²) in [5.41, 5.74) is 4.71. The first-order valence-electron chi connectivity index (χ1n) is 10.3. The van der Waals surface area contributed by atoms with Crippen molar-refractivity contribution in [2.24, 2.45) is 0 Å². The van der Waals surface area contributed by atoms with Crippen LogP contribution < -0.4 is 0 Å². The van der Waals surface area contributed by atoms with Gasteiger partial charge in [0, 0.05) is 27.6 Å². The van der Waals surface area contributed by atoms with Gasteiger partial charge in [0.05, 0.1) is 34.8 Å². The van der Waals surface area contributed by atoms with Gasteiger partial charge >= 0.3 is 0 Å². The summed E-state index contributed by atoms with van der Waals surface area (Å²) < 4.78 is 2.92. The Balaban J connectivity index is 1.81. The second kappa shape index (κ2) is 7.98. The summed E-state index contributed by atoms with van der Waals surface area (Å²) in [7, 11) is 0. The lowest BCUT2D eigenvalue weighted by atomic mass is 9.90. The van der Waals surface area contributed by atoms with E-state index in [0.29, 0.717) is 17.7 Å². The summed E-state index contributed by atoms with van der Waals surface area (Å²) in [6.45, 7) is 7.77. The number of likely N-dealkylation sites (tertiary alicyclic amines) is 1. The first-order valence-corrected chi connectivity index (χ1v) is 11.1. The predicted molar refractivity (Wildman–Crippen MR) is 122 cm³/mol. The van der Waals surface area contributed by atoms with Gasteiger partial charge in [0.25, 0.3) is 0 Å². The van der Waals surface area contributed by atoms with Gasteiger partial charge in [-0.3, -0.25) is 14.7 Å². The fourth-order valence-corrected chi connectivity index (χ4v) is 4.79. The Morgan fingerprint density at radius 3 is 2.67 bits per heavy atom. The molecule has 0 N–H and O–H groups in total. The van der Waals surface area contributed by atoms with Gasteiger partial charge in [-0.25, -0.2) is 0 Å². The Bertz CT molecular complexity index is 1150. The topological polar surface area (TPSA) is 61.9 Å². The molecule has 0 radical (unpaired) electrons. The normalized spacial score (nSPS) is 16.5. The fraction of sp³-hybridized carbons (Fsp3) is 0.375. The van der Waals surface area contributed by atoms with E-state index >= 15 is 0 Å². The third-order valence-electron chi connectivity index (χ3n) is 6.20. The number of hydrogen-bond acceptors (Lipinski definition) is 4. The van der Waals surface area contributed by atoms with Crippen LogP contribution in [0.5, 0.6) is 0 Å². The molecule has 30 heavy (non-hydrogen) atoms. The van der Waals surface area contributed by atoms with Crippen LogP contribution >= 0.6 is 15.9 Å². The van der Waals surface area contributed by atoms with Crippen LogP contribution in [0.2, 0.25) is 0 Å². The number of benzene rings is 1. The van der Waals surface area contributed by atoms with E-state index in [1.165, 1.54) is 6.42 Å². The number of carbonyl (C=O) groups excluding carboxylic acids is 1. The number of ketones is 1. The van der Waals surface area contributed by atoms with Gasteiger partial charge in [0.1, 0.15) is 0 Å². The van der Waals surface area contributed by atoms with Crippen LogP contribution in [0.4, 0.5) is 0 Å². The predicted octanol–water partition coefficient (Wildman–Crippen LogP) is 5.42. The second-order valence-electron chi connectivity index (χ2n) is 8.59. The van der Waals surface area contributed by atoms with Crippen molar-refractivity contribution in [1.82, 2.24) is 14.5 Å². The number of rotatable bonds is 4. The minimum absolute atomic E-state index is 0.0315. The van der Waals surface area contributed by atoms with Crippen LogP contribution in [-0.2, 0) is 0 Å². The number of aromatic nitrogens is 2. The van der Waals surface area contributed by atoms with E-state index < -0.39 is 0 Å². The molecule has 1 aliphatic heterocycles. The van der Waals surface area contributed by atoms with Gasteiger partial charge in [-0.05, 0) is 86.4 Å².